The first-order chi connectivity index (χ1) is 7.58. The molecule has 0 saturated heterocycles. The highest BCUT2D eigenvalue weighted by Gasteiger charge is 2.10. The smallest absolute Gasteiger partial charge is 0.145 e. The molecule has 1 aromatic carbocycles. The van der Waals surface area contributed by atoms with Gasteiger partial charge in [-0.15, -0.1) is 0 Å². The molecule has 0 saturated carbocycles. The van der Waals surface area contributed by atoms with E-state index in [2.05, 4.69) is 24.0 Å². The molecule has 84 valence electrons. The Kier molecular flexibility index (Phi) is 2.64. The van der Waals surface area contributed by atoms with Gasteiger partial charge in [0.05, 0.1) is 5.69 Å². The van der Waals surface area contributed by atoms with Gasteiger partial charge in [-0.2, -0.15) is 5.10 Å². The van der Waals surface area contributed by atoms with Gasteiger partial charge in [-0.25, -0.2) is 4.39 Å². The van der Waals surface area contributed by atoms with Gasteiger partial charge in [-0.05, 0) is 23.6 Å². The molecule has 3 N–H and O–H groups in total. The summed E-state index contributed by atoms with van der Waals surface area (Å²) in [6.45, 7) is 4.14. The van der Waals surface area contributed by atoms with Crippen molar-refractivity contribution in [3.8, 4) is 11.3 Å². The van der Waals surface area contributed by atoms with Crippen molar-refractivity contribution >= 4 is 5.82 Å². The minimum Gasteiger partial charge on any atom is -0.382 e. The fraction of sp³-hybridized carbons (Fsp3) is 0.250. The van der Waals surface area contributed by atoms with E-state index in [9.17, 15) is 4.39 Å². The van der Waals surface area contributed by atoms with Crippen LogP contribution in [0.5, 0.6) is 0 Å². The highest BCUT2D eigenvalue weighted by molar-refractivity contribution is 5.63. The summed E-state index contributed by atoms with van der Waals surface area (Å²) in [5.41, 5.74) is 7.71. The quantitative estimate of drug-likeness (QED) is 0.815. The average Bonchev–Trinajstić information content (AvgIpc) is 2.65. The second-order valence-corrected chi connectivity index (χ2v) is 4.10. The molecule has 0 atom stereocenters. The molecular weight excluding hydrogens is 205 g/mol. The lowest BCUT2D eigenvalue weighted by atomic mass is 9.99. The number of hydrogen-bond donors (Lipinski definition) is 2. The summed E-state index contributed by atoms with van der Waals surface area (Å²) in [6.07, 6.45) is 0. The maximum atomic E-state index is 13.6. The molecular formula is C12H14FN3. The number of aromatic nitrogens is 2. The van der Waals surface area contributed by atoms with Crippen molar-refractivity contribution in [3.05, 3.63) is 35.6 Å². The lowest BCUT2D eigenvalue weighted by Crippen LogP contribution is -1.91. The number of H-pyrrole nitrogens is 1. The van der Waals surface area contributed by atoms with Crippen molar-refractivity contribution in [2.45, 2.75) is 19.8 Å². The van der Waals surface area contributed by atoms with Gasteiger partial charge in [-0.1, -0.05) is 19.9 Å². The minimum absolute atomic E-state index is 0.270. The maximum Gasteiger partial charge on any atom is 0.145 e. The predicted octanol–water partition coefficient (Wildman–Crippen LogP) is 2.92. The number of aromatic amines is 1. The van der Waals surface area contributed by atoms with Gasteiger partial charge >= 0.3 is 0 Å². The van der Waals surface area contributed by atoms with Crippen molar-refractivity contribution in [1.82, 2.24) is 10.2 Å². The topological polar surface area (TPSA) is 54.7 Å². The summed E-state index contributed by atoms with van der Waals surface area (Å²) in [5.74, 6) is 0.456. The Balaban J connectivity index is 2.51. The molecule has 2 aromatic rings. The number of benzene rings is 1. The van der Waals surface area contributed by atoms with E-state index in [0.717, 1.165) is 5.56 Å². The Morgan fingerprint density at radius 1 is 1.31 bits per heavy atom. The number of nitrogens with two attached hydrogens (primary N) is 1. The summed E-state index contributed by atoms with van der Waals surface area (Å²) in [4.78, 5) is 0. The van der Waals surface area contributed by atoms with Crippen LogP contribution in [0.1, 0.15) is 25.3 Å². The molecule has 0 aliphatic rings. The minimum atomic E-state index is -0.270. The third-order valence-electron chi connectivity index (χ3n) is 2.54. The second-order valence-electron chi connectivity index (χ2n) is 4.10. The van der Waals surface area contributed by atoms with Crippen LogP contribution in [0.3, 0.4) is 0 Å². The van der Waals surface area contributed by atoms with Gasteiger partial charge in [0.2, 0.25) is 0 Å². The van der Waals surface area contributed by atoms with Gasteiger partial charge < -0.3 is 5.73 Å². The first-order valence-electron chi connectivity index (χ1n) is 5.18. The molecule has 0 bridgehead atoms. The Morgan fingerprint density at radius 3 is 2.62 bits per heavy atom. The Hall–Kier alpha value is -1.84. The summed E-state index contributed by atoms with van der Waals surface area (Å²) >= 11 is 0. The largest absolute Gasteiger partial charge is 0.382 e. The Bertz CT molecular complexity index is 503. The first-order valence-corrected chi connectivity index (χ1v) is 5.18. The normalized spacial score (nSPS) is 11.0. The average molecular weight is 219 g/mol. The zero-order valence-electron chi connectivity index (χ0n) is 9.29. The summed E-state index contributed by atoms with van der Waals surface area (Å²) in [6, 6.07) is 6.72. The molecule has 0 aliphatic heterocycles. The van der Waals surface area contributed by atoms with Crippen LogP contribution in [0, 0.1) is 5.82 Å². The number of nitrogen functional groups attached to an aromatic ring is 1. The van der Waals surface area contributed by atoms with Crippen LogP contribution in [-0.4, -0.2) is 10.2 Å². The van der Waals surface area contributed by atoms with Crippen molar-refractivity contribution in [2.75, 3.05) is 5.73 Å². The van der Waals surface area contributed by atoms with E-state index < -0.39 is 0 Å². The molecule has 2 rings (SSSR count). The van der Waals surface area contributed by atoms with Crippen LogP contribution < -0.4 is 5.73 Å². The zero-order valence-corrected chi connectivity index (χ0v) is 9.29. The maximum absolute atomic E-state index is 13.6. The molecule has 16 heavy (non-hydrogen) atoms. The molecule has 0 radical (unpaired) electrons. The number of rotatable bonds is 2. The Morgan fingerprint density at radius 2 is 2.06 bits per heavy atom. The number of anilines is 1. The summed E-state index contributed by atoms with van der Waals surface area (Å²) in [5, 5.41) is 6.51. The van der Waals surface area contributed by atoms with E-state index in [0.29, 0.717) is 23.0 Å². The van der Waals surface area contributed by atoms with Crippen LogP contribution >= 0.6 is 0 Å². The number of hydrogen-bond acceptors (Lipinski definition) is 2. The van der Waals surface area contributed by atoms with Crippen LogP contribution in [0.25, 0.3) is 11.3 Å². The number of halogens is 1. The molecule has 0 fully saturated rings. The highest BCUT2D eigenvalue weighted by Crippen LogP contribution is 2.26. The lowest BCUT2D eigenvalue weighted by Gasteiger charge is -2.07. The Labute approximate surface area is 93.5 Å². The fourth-order valence-electron chi connectivity index (χ4n) is 1.58. The van der Waals surface area contributed by atoms with Gasteiger partial charge in [-0.3, -0.25) is 5.10 Å². The molecule has 0 unspecified atom stereocenters. The van der Waals surface area contributed by atoms with Gasteiger partial charge in [0, 0.05) is 11.6 Å². The van der Waals surface area contributed by atoms with Crippen LogP contribution in [0.15, 0.2) is 24.3 Å². The fourth-order valence-corrected chi connectivity index (χ4v) is 1.58. The van der Waals surface area contributed by atoms with Crippen LogP contribution in [0.4, 0.5) is 10.2 Å². The molecule has 3 nitrogen and oxygen atoms in total. The number of nitrogens with zero attached hydrogens (tertiary/aromatic N) is 1. The predicted molar refractivity (Wildman–Crippen MR) is 62.5 cm³/mol. The van der Waals surface area contributed by atoms with Crippen LogP contribution in [-0.2, 0) is 0 Å². The van der Waals surface area contributed by atoms with Crippen molar-refractivity contribution in [2.24, 2.45) is 0 Å². The van der Waals surface area contributed by atoms with E-state index in [-0.39, 0.29) is 5.82 Å². The lowest BCUT2D eigenvalue weighted by molar-refractivity contribution is 0.629. The second kappa shape index (κ2) is 3.96. The van der Waals surface area contributed by atoms with Gasteiger partial charge in [0.1, 0.15) is 11.6 Å². The standard InChI is InChI=1S/C12H14FN3/c1-7(2)8-3-4-10(13)9(5-8)11-6-12(14)16-15-11/h3-7H,1-2H3,(H3,14,15,16). The SMILES string of the molecule is CC(C)c1ccc(F)c(-c2cc(N)n[nH]2)c1. The highest BCUT2D eigenvalue weighted by atomic mass is 19.1. The third-order valence-corrected chi connectivity index (χ3v) is 2.54. The van der Waals surface area contributed by atoms with E-state index in [4.69, 9.17) is 5.73 Å². The monoisotopic (exact) mass is 219 g/mol. The molecule has 0 spiro atoms. The van der Waals surface area contributed by atoms with Crippen molar-refractivity contribution in [1.29, 1.82) is 0 Å². The summed E-state index contributed by atoms with van der Waals surface area (Å²) < 4.78 is 13.6. The van der Waals surface area contributed by atoms with Gasteiger partial charge in [0.15, 0.2) is 0 Å². The first kappa shape index (κ1) is 10.7. The van der Waals surface area contributed by atoms with Gasteiger partial charge in [0.25, 0.3) is 0 Å². The van der Waals surface area contributed by atoms with Crippen LogP contribution in [0.2, 0.25) is 0 Å². The van der Waals surface area contributed by atoms with Crippen molar-refractivity contribution in [3.63, 3.8) is 0 Å². The summed E-state index contributed by atoms with van der Waals surface area (Å²) in [7, 11) is 0. The van der Waals surface area contributed by atoms with E-state index in [1.54, 1.807) is 12.1 Å². The molecule has 0 amide bonds. The molecule has 1 aromatic heterocycles. The zero-order chi connectivity index (χ0) is 11.7. The van der Waals surface area contributed by atoms with E-state index >= 15 is 0 Å². The van der Waals surface area contributed by atoms with Crippen molar-refractivity contribution < 1.29 is 4.39 Å². The molecule has 1 heterocycles. The third kappa shape index (κ3) is 1.91. The number of nitrogens with one attached hydrogen (secondary N) is 1. The van der Waals surface area contributed by atoms with E-state index in [1.165, 1.54) is 6.07 Å². The molecule has 4 heteroatoms. The molecule has 0 aliphatic carbocycles. The van der Waals surface area contributed by atoms with E-state index in [1.807, 2.05) is 6.07 Å².